The van der Waals surface area contributed by atoms with Crippen molar-refractivity contribution in [1.29, 1.82) is 0 Å². The summed E-state index contributed by atoms with van der Waals surface area (Å²) in [7, 11) is 0. The van der Waals surface area contributed by atoms with Crippen molar-refractivity contribution >= 4 is 28.3 Å². The van der Waals surface area contributed by atoms with E-state index in [9.17, 15) is 13.2 Å². The molecule has 0 unspecified atom stereocenters. The van der Waals surface area contributed by atoms with Gasteiger partial charge in [-0.05, 0) is 68.6 Å². The average molecular weight is 554 g/mol. The number of ether oxygens (including phenoxy) is 1. The minimum absolute atomic E-state index is 0.0350. The van der Waals surface area contributed by atoms with Crippen molar-refractivity contribution in [1.82, 2.24) is 24.9 Å². The van der Waals surface area contributed by atoms with Crippen LogP contribution >= 0.6 is 0 Å². The molecular weight excluding hydrogens is 519 g/mol. The monoisotopic (exact) mass is 553 g/mol. The molecule has 2 aliphatic rings. The van der Waals surface area contributed by atoms with Gasteiger partial charge in [-0.15, -0.1) is 10.2 Å². The molecule has 0 spiro atoms. The first kappa shape index (κ1) is 26.8. The Balaban J connectivity index is 1.39. The number of hydrogen-bond acceptors (Lipinski definition) is 7. The van der Waals surface area contributed by atoms with E-state index in [1.807, 2.05) is 41.3 Å². The number of rotatable bonds is 5. The maximum atomic E-state index is 14.4. The summed E-state index contributed by atoms with van der Waals surface area (Å²) < 4.78 is 50.9. The third-order valence-electron chi connectivity index (χ3n) is 7.87. The van der Waals surface area contributed by atoms with Crippen LogP contribution in [0.1, 0.15) is 39.2 Å². The molecule has 2 aromatic heterocycles. The van der Waals surface area contributed by atoms with Gasteiger partial charge in [0.2, 0.25) is 5.95 Å². The van der Waals surface area contributed by atoms with Crippen LogP contribution in [0.15, 0.2) is 42.6 Å². The standard InChI is InChI=1S/C29H34F3N7O/c1-4-33-22-9-11-37(12-10-22)25-8-6-20(13-23(25)29(30,31)32)21-5-7-24-26(14-21)39-27(15-34-24)35-36-28(39)38-16-18(2)40-19(3)17-38/h5-8,13-15,18-19,22,33H,4,9-12,16-17H2,1-3H3/t18-,19+. The van der Waals surface area contributed by atoms with Crippen molar-refractivity contribution in [2.75, 3.05) is 42.5 Å². The van der Waals surface area contributed by atoms with Crippen molar-refractivity contribution < 1.29 is 17.9 Å². The van der Waals surface area contributed by atoms with E-state index in [4.69, 9.17) is 4.74 Å². The van der Waals surface area contributed by atoms with E-state index in [-0.39, 0.29) is 17.9 Å². The first-order valence-corrected chi connectivity index (χ1v) is 14.0. The largest absolute Gasteiger partial charge is 0.418 e. The highest BCUT2D eigenvalue weighted by atomic mass is 19.4. The van der Waals surface area contributed by atoms with Crippen molar-refractivity contribution in [2.45, 2.75) is 58.0 Å². The highest BCUT2D eigenvalue weighted by molar-refractivity contribution is 5.85. The van der Waals surface area contributed by atoms with Crippen LogP contribution in [0.3, 0.4) is 0 Å². The minimum Gasteiger partial charge on any atom is -0.372 e. The molecule has 6 rings (SSSR count). The van der Waals surface area contributed by atoms with Gasteiger partial charge in [-0.2, -0.15) is 13.2 Å². The van der Waals surface area contributed by atoms with Crippen LogP contribution in [0.5, 0.6) is 0 Å². The van der Waals surface area contributed by atoms with Crippen molar-refractivity contribution in [3.05, 3.63) is 48.2 Å². The Morgan fingerprint density at radius 2 is 1.65 bits per heavy atom. The smallest absolute Gasteiger partial charge is 0.372 e. The Kier molecular flexibility index (Phi) is 7.03. The number of nitrogens with one attached hydrogen (secondary N) is 1. The van der Waals surface area contributed by atoms with E-state index < -0.39 is 11.7 Å². The molecule has 0 bridgehead atoms. The lowest BCUT2D eigenvalue weighted by atomic mass is 9.98. The van der Waals surface area contributed by atoms with Gasteiger partial charge in [0, 0.05) is 37.9 Å². The second-order valence-corrected chi connectivity index (χ2v) is 10.9. The lowest BCUT2D eigenvalue weighted by Crippen LogP contribution is -2.46. The Hall–Kier alpha value is -3.44. The number of benzene rings is 2. The van der Waals surface area contributed by atoms with E-state index in [2.05, 4.69) is 32.3 Å². The number of aromatic nitrogens is 4. The van der Waals surface area contributed by atoms with E-state index >= 15 is 0 Å². The van der Waals surface area contributed by atoms with Gasteiger partial charge in [0.25, 0.3) is 0 Å². The number of anilines is 2. The topological polar surface area (TPSA) is 70.8 Å². The lowest BCUT2D eigenvalue weighted by Gasteiger charge is -2.35. The van der Waals surface area contributed by atoms with Crippen molar-refractivity contribution in [2.24, 2.45) is 0 Å². The fourth-order valence-corrected chi connectivity index (χ4v) is 6.10. The minimum atomic E-state index is -4.47. The number of halogens is 3. The molecule has 4 heterocycles. The van der Waals surface area contributed by atoms with Gasteiger partial charge in [0.15, 0.2) is 5.65 Å². The summed E-state index contributed by atoms with van der Waals surface area (Å²) in [5.41, 5.74) is 2.85. The first-order chi connectivity index (χ1) is 19.2. The van der Waals surface area contributed by atoms with Crippen LogP contribution in [0.25, 0.3) is 27.8 Å². The molecule has 1 N–H and O–H groups in total. The van der Waals surface area contributed by atoms with Gasteiger partial charge < -0.3 is 19.9 Å². The summed E-state index contributed by atoms with van der Waals surface area (Å²) in [5.74, 6) is 0.675. The fraction of sp³-hybridized carbons (Fsp3) is 0.483. The molecule has 2 atom stereocenters. The van der Waals surface area contributed by atoms with Crippen LogP contribution in [0, 0.1) is 0 Å². The van der Waals surface area contributed by atoms with Crippen LogP contribution in [0.2, 0.25) is 0 Å². The summed E-state index contributed by atoms with van der Waals surface area (Å²) in [6, 6.07) is 10.6. The molecule has 0 amide bonds. The number of alkyl halides is 3. The number of piperidine rings is 1. The Morgan fingerprint density at radius 3 is 2.35 bits per heavy atom. The third kappa shape index (κ3) is 5.08. The Labute approximate surface area is 231 Å². The summed E-state index contributed by atoms with van der Waals surface area (Å²) >= 11 is 0. The van der Waals surface area contributed by atoms with Gasteiger partial charge in [0.05, 0.1) is 35.0 Å². The van der Waals surface area contributed by atoms with E-state index in [1.165, 1.54) is 6.07 Å². The third-order valence-corrected chi connectivity index (χ3v) is 7.87. The maximum Gasteiger partial charge on any atom is 0.418 e. The number of morpholine rings is 1. The van der Waals surface area contributed by atoms with Crippen LogP contribution < -0.4 is 15.1 Å². The zero-order chi connectivity index (χ0) is 28.0. The summed E-state index contributed by atoms with van der Waals surface area (Å²) in [6.07, 6.45) is -1.09. The van der Waals surface area contributed by atoms with E-state index in [0.29, 0.717) is 60.5 Å². The predicted molar refractivity (Wildman–Crippen MR) is 150 cm³/mol. The van der Waals surface area contributed by atoms with E-state index in [1.54, 1.807) is 18.3 Å². The normalized spacial score (nSPS) is 21.1. The van der Waals surface area contributed by atoms with Gasteiger partial charge in [-0.25, -0.2) is 0 Å². The maximum absolute atomic E-state index is 14.4. The molecule has 11 heteroatoms. The highest BCUT2D eigenvalue weighted by Crippen LogP contribution is 2.40. The predicted octanol–water partition coefficient (Wildman–Crippen LogP) is 5.16. The van der Waals surface area contributed by atoms with Gasteiger partial charge in [-0.3, -0.25) is 9.38 Å². The molecule has 0 saturated carbocycles. The molecule has 2 aromatic carbocycles. The second-order valence-electron chi connectivity index (χ2n) is 10.9. The molecule has 40 heavy (non-hydrogen) atoms. The summed E-state index contributed by atoms with van der Waals surface area (Å²) in [5, 5.41) is 12.2. The van der Waals surface area contributed by atoms with Crippen molar-refractivity contribution in [3.63, 3.8) is 0 Å². The second kappa shape index (κ2) is 10.5. The molecule has 2 aliphatic heterocycles. The van der Waals surface area contributed by atoms with Crippen LogP contribution in [0.4, 0.5) is 24.8 Å². The van der Waals surface area contributed by atoms with Gasteiger partial charge in [0.1, 0.15) is 0 Å². The van der Waals surface area contributed by atoms with Crippen molar-refractivity contribution in [3.8, 4) is 11.1 Å². The van der Waals surface area contributed by atoms with E-state index in [0.717, 1.165) is 24.9 Å². The first-order valence-electron chi connectivity index (χ1n) is 14.0. The number of nitrogens with zero attached hydrogens (tertiary/aromatic N) is 6. The molecule has 0 aliphatic carbocycles. The quantitative estimate of drug-likeness (QED) is 0.366. The van der Waals surface area contributed by atoms with Gasteiger partial charge in [-0.1, -0.05) is 19.1 Å². The Morgan fingerprint density at radius 1 is 0.950 bits per heavy atom. The highest BCUT2D eigenvalue weighted by Gasteiger charge is 2.36. The lowest BCUT2D eigenvalue weighted by molar-refractivity contribution is -0.137. The SMILES string of the molecule is CCNC1CCN(c2ccc(-c3ccc4ncc5nnc(N6C[C@@H](C)O[C@@H](C)C6)n5c4c3)cc2C(F)(F)F)CC1. The molecule has 2 fully saturated rings. The number of fused-ring (bicyclic) bond motifs is 3. The van der Waals surface area contributed by atoms with Crippen LogP contribution in [-0.2, 0) is 10.9 Å². The summed E-state index contributed by atoms with van der Waals surface area (Å²) in [6.45, 7) is 9.47. The summed E-state index contributed by atoms with van der Waals surface area (Å²) in [4.78, 5) is 8.53. The zero-order valence-electron chi connectivity index (χ0n) is 22.9. The fourth-order valence-electron chi connectivity index (χ4n) is 6.10. The molecule has 0 radical (unpaired) electrons. The molecule has 2 saturated heterocycles. The zero-order valence-corrected chi connectivity index (χ0v) is 22.9. The van der Waals surface area contributed by atoms with Crippen LogP contribution in [-0.4, -0.2) is 70.6 Å². The Bertz CT molecular complexity index is 1500. The molecular formula is C29H34F3N7O. The average Bonchev–Trinajstić information content (AvgIpc) is 3.37. The molecule has 212 valence electrons. The van der Waals surface area contributed by atoms with Gasteiger partial charge >= 0.3 is 6.18 Å². The molecule has 8 nitrogen and oxygen atoms in total. The molecule has 4 aromatic rings. The number of hydrogen-bond donors (Lipinski definition) is 1.